The quantitative estimate of drug-likeness (QED) is 0.516. The van der Waals surface area contributed by atoms with Crippen LogP contribution in [0.4, 0.5) is 11.4 Å². The molecule has 150 valence electrons. The van der Waals surface area contributed by atoms with Crippen molar-refractivity contribution in [3.05, 3.63) is 67.7 Å². The summed E-state index contributed by atoms with van der Waals surface area (Å²) in [6.07, 6.45) is 0.983. The molecule has 11 heteroatoms. The van der Waals surface area contributed by atoms with Gasteiger partial charge in [0.05, 0.1) is 33.5 Å². The summed E-state index contributed by atoms with van der Waals surface area (Å²) in [7, 11) is -3.72. The number of anilines is 1. The highest BCUT2D eigenvalue weighted by atomic mass is 35.5. The van der Waals surface area contributed by atoms with E-state index in [1.807, 2.05) is 0 Å². The molecule has 0 aliphatic heterocycles. The molecule has 1 amide bonds. The number of nitro benzene ring substituents is 1. The number of carbonyl (C=O) groups excluding carboxylic acids is 1. The maximum absolute atomic E-state index is 12.4. The number of aryl methyl sites for hydroxylation is 1. The minimum absolute atomic E-state index is 0.0862. The number of hydrogen-bond acceptors (Lipinski definition) is 5. The lowest BCUT2D eigenvalue weighted by atomic mass is 10.2. The fourth-order valence-corrected chi connectivity index (χ4v) is 3.40. The SMILES string of the molecule is Cc1ccc([N+](=O)[O-])cc1NC(=O)CN(Cc1ccc(Cl)c(Cl)c1)S(C)(=O)=O. The van der Waals surface area contributed by atoms with Gasteiger partial charge < -0.3 is 5.32 Å². The molecule has 1 N–H and O–H groups in total. The lowest BCUT2D eigenvalue weighted by Gasteiger charge is -2.20. The van der Waals surface area contributed by atoms with Gasteiger partial charge in [-0.05, 0) is 30.2 Å². The number of hydrogen-bond donors (Lipinski definition) is 1. The number of rotatable bonds is 7. The molecular formula is C17H17Cl2N3O5S. The number of non-ortho nitro benzene ring substituents is 1. The van der Waals surface area contributed by atoms with Crippen LogP contribution >= 0.6 is 23.2 Å². The van der Waals surface area contributed by atoms with E-state index in [1.165, 1.54) is 30.3 Å². The summed E-state index contributed by atoms with van der Waals surface area (Å²) in [5.74, 6) is -0.630. The average molecular weight is 446 g/mol. The monoisotopic (exact) mass is 445 g/mol. The Hall–Kier alpha value is -2.20. The number of nitrogens with one attached hydrogen (secondary N) is 1. The van der Waals surface area contributed by atoms with Crippen molar-refractivity contribution in [2.45, 2.75) is 13.5 Å². The molecule has 28 heavy (non-hydrogen) atoms. The van der Waals surface area contributed by atoms with E-state index in [4.69, 9.17) is 23.2 Å². The van der Waals surface area contributed by atoms with Gasteiger partial charge >= 0.3 is 0 Å². The zero-order valence-corrected chi connectivity index (χ0v) is 17.3. The van der Waals surface area contributed by atoms with Crippen LogP contribution < -0.4 is 5.32 Å². The molecular weight excluding hydrogens is 429 g/mol. The van der Waals surface area contributed by atoms with Crippen molar-refractivity contribution in [3.63, 3.8) is 0 Å². The topological polar surface area (TPSA) is 110 Å². The summed E-state index contributed by atoms with van der Waals surface area (Å²) in [5, 5.41) is 14.0. The predicted molar refractivity (Wildman–Crippen MR) is 108 cm³/mol. The Kier molecular flexibility index (Phi) is 7.00. The Morgan fingerprint density at radius 3 is 2.43 bits per heavy atom. The van der Waals surface area contributed by atoms with Gasteiger partial charge in [-0.3, -0.25) is 14.9 Å². The third kappa shape index (κ3) is 5.90. The molecule has 0 radical (unpaired) electrons. The highest BCUT2D eigenvalue weighted by Gasteiger charge is 2.22. The second-order valence-corrected chi connectivity index (χ2v) is 8.88. The Morgan fingerprint density at radius 2 is 1.86 bits per heavy atom. The van der Waals surface area contributed by atoms with Gasteiger partial charge in [0, 0.05) is 18.7 Å². The number of carbonyl (C=O) groups is 1. The van der Waals surface area contributed by atoms with Gasteiger partial charge in [-0.15, -0.1) is 0 Å². The third-order valence-electron chi connectivity index (χ3n) is 3.84. The van der Waals surface area contributed by atoms with Crippen molar-refractivity contribution in [3.8, 4) is 0 Å². The molecule has 0 aromatic heterocycles. The first-order valence-electron chi connectivity index (χ1n) is 7.91. The molecule has 0 bridgehead atoms. The van der Waals surface area contributed by atoms with Crippen molar-refractivity contribution in [1.82, 2.24) is 4.31 Å². The van der Waals surface area contributed by atoms with Crippen molar-refractivity contribution in [2.24, 2.45) is 0 Å². The van der Waals surface area contributed by atoms with E-state index in [0.29, 0.717) is 16.1 Å². The van der Waals surface area contributed by atoms with Gasteiger partial charge in [-0.2, -0.15) is 4.31 Å². The highest BCUT2D eigenvalue weighted by Crippen LogP contribution is 2.24. The van der Waals surface area contributed by atoms with Crippen molar-refractivity contribution in [2.75, 3.05) is 18.1 Å². The van der Waals surface area contributed by atoms with E-state index in [0.717, 1.165) is 10.6 Å². The van der Waals surface area contributed by atoms with Gasteiger partial charge in [0.1, 0.15) is 0 Å². The summed E-state index contributed by atoms with van der Waals surface area (Å²) in [6, 6.07) is 8.69. The first-order valence-corrected chi connectivity index (χ1v) is 10.5. The lowest BCUT2D eigenvalue weighted by molar-refractivity contribution is -0.384. The fourth-order valence-electron chi connectivity index (χ4n) is 2.34. The number of benzene rings is 2. The summed E-state index contributed by atoms with van der Waals surface area (Å²) >= 11 is 11.8. The molecule has 0 spiro atoms. The maximum atomic E-state index is 12.4. The summed E-state index contributed by atoms with van der Waals surface area (Å²) in [5.41, 5.74) is 1.22. The summed E-state index contributed by atoms with van der Waals surface area (Å²) in [6.45, 7) is 1.11. The van der Waals surface area contributed by atoms with E-state index in [-0.39, 0.29) is 22.9 Å². The van der Waals surface area contributed by atoms with Crippen LogP contribution in [0.25, 0.3) is 0 Å². The molecule has 0 fully saturated rings. The van der Waals surface area contributed by atoms with E-state index in [2.05, 4.69) is 5.32 Å². The van der Waals surface area contributed by atoms with Crippen LogP contribution in [0.2, 0.25) is 10.0 Å². The predicted octanol–water partition coefficient (Wildman–Crippen LogP) is 3.61. The van der Waals surface area contributed by atoms with Crippen molar-refractivity contribution < 1.29 is 18.1 Å². The molecule has 2 aromatic carbocycles. The Balaban J connectivity index is 2.19. The number of nitrogens with zero attached hydrogens (tertiary/aromatic N) is 2. The van der Waals surface area contributed by atoms with Crippen LogP contribution in [-0.2, 0) is 21.4 Å². The molecule has 2 rings (SSSR count). The minimum Gasteiger partial charge on any atom is -0.324 e. The van der Waals surface area contributed by atoms with Crippen LogP contribution in [-0.4, -0.2) is 36.4 Å². The van der Waals surface area contributed by atoms with Gasteiger partial charge in [0.15, 0.2) is 0 Å². The zero-order chi connectivity index (χ0) is 21.1. The smallest absolute Gasteiger partial charge is 0.271 e. The van der Waals surface area contributed by atoms with E-state index in [1.54, 1.807) is 13.0 Å². The normalized spacial score (nSPS) is 11.5. The Morgan fingerprint density at radius 1 is 1.18 bits per heavy atom. The molecule has 0 unspecified atom stereocenters. The molecule has 0 aliphatic rings. The molecule has 0 aliphatic carbocycles. The molecule has 2 aromatic rings. The van der Waals surface area contributed by atoms with Crippen molar-refractivity contribution in [1.29, 1.82) is 0 Å². The van der Waals surface area contributed by atoms with Crippen LogP contribution in [0.1, 0.15) is 11.1 Å². The van der Waals surface area contributed by atoms with E-state index in [9.17, 15) is 23.3 Å². The van der Waals surface area contributed by atoms with E-state index >= 15 is 0 Å². The minimum atomic E-state index is -3.72. The van der Waals surface area contributed by atoms with E-state index < -0.39 is 27.4 Å². The lowest BCUT2D eigenvalue weighted by Crippen LogP contribution is -2.37. The zero-order valence-electron chi connectivity index (χ0n) is 15.0. The summed E-state index contributed by atoms with van der Waals surface area (Å²) in [4.78, 5) is 22.7. The Bertz CT molecular complexity index is 1030. The number of nitro groups is 1. The van der Waals surface area contributed by atoms with Gasteiger partial charge in [-0.1, -0.05) is 35.3 Å². The number of amides is 1. The van der Waals surface area contributed by atoms with Gasteiger partial charge in [0.2, 0.25) is 15.9 Å². The molecule has 0 saturated heterocycles. The molecule has 0 atom stereocenters. The standard InChI is InChI=1S/C17H17Cl2N3O5S/c1-11-3-5-13(22(24)25)8-16(11)20-17(23)10-21(28(2,26)27)9-12-4-6-14(18)15(19)7-12/h3-8H,9-10H2,1-2H3,(H,20,23). The largest absolute Gasteiger partial charge is 0.324 e. The van der Waals surface area contributed by atoms with Crippen LogP contribution in [0.5, 0.6) is 0 Å². The van der Waals surface area contributed by atoms with Crippen LogP contribution in [0, 0.1) is 17.0 Å². The third-order valence-corrected chi connectivity index (χ3v) is 5.77. The Labute approximate surface area is 172 Å². The summed E-state index contributed by atoms with van der Waals surface area (Å²) < 4.78 is 25.1. The van der Waals surface area contributed by atoms with Crippen molar-refractivity contribution >= 4 is 50.5 Å². The van der Waals surface area contributed by atoms with Gasteiger partial charge in [0.25, 0.3) is 5.69 Å². The molecule has 8 nitrogen and oxygen atoms in total. The first-order chi connectivity index (χ1) is 13.0. The van der Waals surface area contributed by atoms with Crippen LogP contribution in [0.15, 0.2) is 36.4 Å². The second kappa shape index (κ2) is 8.87. The van der Waals surface area contributed by atoms with Gasteiger partial charge in [-0.25, -0.2) is 8.42 Å². The average Bonchev–Trinajstić information content (AvgIpc) is 2.58. The maximum Gasteiger partial charge on any atom is 0.271 e. The fraction of sp³-hybridized carbons (Fsp3) is 0.235. The highest BCUT2D eigenvalue weighted by molar-refractivity contribution is 7.88. The first kappa shape index (κ1) is 22.1. The number of sulfonamides is 1. The van der Waals surface area contributed by atoms with Crippen LogP contribution in [0.3, 0.4) is 0 Å². The molecule has 0 saturated carbocycles. The molecule has 0 heterocycles. The number of halogens is 2. The second-order valence-electron chi connectivity index (χ2n) is 6.08.